The van der Waals surface area contributed by atoms with Crippen molar-refractivity contribution in [3.05, 3.63) is 77.6 Å². The van der Waals surface area contributed by atoms with Gasteiger partial charge in [-0.2, -0.15) is 5.10 Å². The average molecular weight is 402 g/mol. The normalized spacial score (nSPS) is 16.8. The van der Waals surface area contributed by atoms with Gasteiger partial charge < -0.3 is 0 Å². The molecule has 4 nitrogen and oxygen atoms in total. The van der Waals surface area contributed by atoms with Gasteiger partial charge in [-0.15, -0.1) is 0 Å². The number of fused-ring (bicyclic) bond motifs is 2. The van der Waals surface area contributed by atoms with Gasteiger partial charge in [0.25, 0.3) is 0 Å². The first-order valence-electron chi connectivity index (χ1n) is 10.2. The highest BCUT2D eigenvalue weighted by molar-refractivity contribution is 7.20. The fourth-order valence-corrected chi connectivity index (χ4v) is 5.31. The molecule has 1 aliphatic carbocycles. The van der Waals surface area contributed by atoms with E-state index in [1.807, 2.05) is 24.4 Å². The summed E-state index contributed by atoms with van der Waals surface area (Å²) in [6.45, 7) is 2.28. The Morgan fingerprint density at radius 3 is 2.93 bits per heavy atom. The Morgan fingerprint density at radius 2 is 2.03 bits per heavy atom. The molecule has 2 aromatic heterocycles. The number of ketones is 1. The van der Waals surface area contributed by atoms with Crippen molar-refractivity contribution in [1.82, 2.24) is 14.8 Å². The predicted molar refractivity (Wildman–Crippen MR) is 117 cm³/mol. The van der Waals surface area contributed by atoms with Gasteiger partial charge >= 0.3 is 0 Å². The molecule has 2 aromatic carbocycles. The molecule has 0 saturated heterocycles. The van der Waals surface area contributed by atoms with Crippen LogP contribution in [0.5, 0.6) is 0 Å². The summed E-state index contributed by atoms with van der Waals surface area (Å²) in [7, 11) is 0. The van der Waals surface area contributed by atoms with Gasteiger partial charge in [0.15, 0.2) is 5.78 Å². The third-order valence-corrected chi connectivity index (χ3v) is 7.10. The molecule has 0 saturated carbocycles. The van der Waals surface area contributed by atoms with E-state index in [4.69, 9.17) is 0 Å². The van der Waals surface area contributed by atoms with Crippen molar-refractivity contribution in [3.8, 4) is 5.13 Å². The van der Waals surface area contributed by atoms with Crippen LogP contribution in [0.2, 0.25) is 0 Å². The molecule has 0 amide bonds. The number of aryl methyl sites for hydroxylation is 1. The van der Waals surface area contributed by atoms with Gasteiger partial charge in [-0.3, -0.25) is 4.79 Å². The minimum Gasteiger partial charge on any atom is -0.294 e. The van der Waals surface area contributed by atoms with Crippen LogP contribution in [0.15, 0.2) is 60.9 Å². The van der Waals surface area contributed by atoms with E-state index < -0.39 is 0 Å². The molecule has 0 bridgehead atoms. The zero-order valence-corrected chi connectivity index (χ0v) is 17.2. The van der Waals surface area contributed by atoms with E-state index in [1.165, 1.54) is 17.5 Å². The summed E-state index contributed by atoms with van der Waals surface area (Å²) < 4.78 is 2.84. The monoisotopic (exact) mass is 401 g/mol. The standard InChI is InChI=1S/C24H23N3OS/c1-16(19-12-11-17-6-2-3-7-20(17)19)10-13-22(28)18-14-25-27(15-18)24-26-21-8-4-5-9-23(21)29-24/h2-9,14-16,19H,10-13H2,1H3/t16?,19-/m0/s1. The number of carbonyl (C=O) groups is 1. The van der Waals surface area contributed by atoms with Crippen LogP contribution in [0.1, 0.15) is 53.6 Å². The highest BCUT2D eigenvalue weighted by Gasteiger charge is 2.27. The van der Waals surface area contributed by atoms with E-state index in [1.54, 1.807) is 22.2 Å². The smallest absolute Gasteiger partial charge is 0.211 e. The molecule has 5 heteroatoms. The van der Waals surface area contributed by atoms with Crippen molar-refractivity contribution in [2.75, 3.05) is 0 Å². The largest absolute Gasteiger partial charge is 0.294 e. The van der Waals surface area contributed by atoms with Crippen LogP contribution in [-0.4, -0.2) is 20.5 Å². The van der Waals surface area contributed by atoms with Crippen LogP contribution >= 0.6 is 11.3 Å². The Kier molecular flexibility index (Phi) is 4.76. The lowest BCUT2D eigenvalue weighted by Gasteiger charge is -2.20. The maximum absolute atomic E-state index is 12.8. The first kappa shape index (κ1) is 18.3. The topological polar surface area (TPSA) is 47.8 Å². The molecule has 0 fully saturated rings. The van der Waals surface area contributed by atoms with E-state index in [0.717, 1.165) is 28.2 Å². The van der Waals surface area contributed by atoms with Crippen molar-refractivity contribution in [1.29, 1.82) is 0 Å². The Hall–Kier alpha value is -2.79. The van der Waals surface area contributed by atoms with Crippen LogP contribution < -0.4 is 0 Å². The molecule has 4 aromatic rings. The summed E-state index contributed by atoms with van der Waals surface area (Å²) >= 11 is 1.58. The van der Waals surface area contributed by atoms with Gasteiger partial charge in [0.2, 0.25) is 5.13 Å². The molecule has 0 radical (unpaired) electrons. The summed E-state index contributed by atoms with van der Waals surface area (Å²) in [5.41, 5.74) is 4.59. The number of para-hydroxylation sites is 1. The lowest BCUT2D eigenvalue weighted by Crippen LogP contribution is -2.09. The minimum atomic E-state index is 0.162. The van der Waals surface area contributed by atoms with Gasteiger partial charge in [-0.25, -0.2) is 9.67 Å². The first-order valence-corrected chi connectivity index (χ1v) is 11.0. The van der Waals surface area contributed by atoms with E-state index in [2.05, 4.69) is 47.3 Å². The van der Waals surface area contributed by atoms with E-state index in [-0.39, 0.29) is 5.78 Å². The number of hydrogen-bond donors (Lipinski definition) is 0. The van der Waals surface area contributed by atoms with E-state index >= 15 is 0 Å². The maximum atomic E-state index is 12.8. The number of carbonyl (C=O) groups excluding carboxylic acids is 1. The zero-order valence-electron chi connectivity index (χ0n) is 16.4. The molecule has 2 heterocycles. The van der Waals surface area contributed by atoms with Gasteiger partial charge in [0.05, 0.1) is 22.0 Å². The molecule has 0 N–H and O–H groups in total. The lowest BCUT2D eigenvalue weighted by atomic mass is 9.85. The fraction of sp³-hybridized carbons (Fsp3) is 0.292. The molecule has 29 heavy (non-hydrogen) atoms. The SMILES string of the molecule is CC(CCC(=O)c1cnn(-c2nc3ccccc3s2)c1)[C@@H]1CCc2ccccc21. The van der Waals surface area contributed by atoms with Gasteiger partial charge in [0.1, 0.15) is 0 Å². The Morgan fingerprint density at radius 1 is 1.21 bits per heavy atom. The Bertz CT molecular complexity index is 1140. The average Bonchev–Trinajstić information content (AvgIpc) is 3.48. The summed E-state index contributed by atoms with van der Waals surface area (Å²) in [4.78, 5) is 17.4. The Balaban J connectivity index is 1.25. The first-order chi connectivity index (χ1) is 14.2. The van der Waals surface area contributed by atoms with Crippen LogP contribution in [0.3, 0.4) is 0 Å². The third kappa shape index (κ3) is 3.51. The van der Waals surface area contributed by atoms with Crippen molar-refractivity contribution in [2.24, 2.45) is 5.92 Å². The molecule has 1 aliphatic rings. The number of Topliss-reactive ketones (excluding diaryl/α,β-unsaturated/α-hetero) is 1. The van der Waals surface area contributed by atoms with Crippen molar-refractivity contribution in [2.45, 2.75) is 38.5 Å². The number of aromatic nitrogens is 3. The number of nitrogens with zero attached hydrogens (tertiary/aromatic N) is 3. The lowest BCUT2D eigenvalue weighted by molar-refractivity contribution is 0.0972. The van der Waals surface area contributed by atoms with E-state index in [0.29, 0.717) is 23.8 Å². The number of rotatable bonds is 6. The van der Waals surface area contributed by atoms with Crippen LogP contribution in [0.25, 0.3) is 15.3 Å². The van der Waals surface area contributed by atoms with Crippen molar-refractivity contribution in [3.63, 3.8) is 0 Å². The van der Waals surface area contributed by atoms with Gasteiger partial charge in [0, 0.05) is 12.6 Å². The highest BCUT2D eigenvalue weighted by Crippen LogP contribution is 2.39. The molecule has 1 unspecified atom stereocenters. The predicted octanol–water partition coefficient (Wildman–Crippen LogP) is 5.81. The number of benzene rings is 2. The second-order valence-electron chi connectivity index (χ2n) is 7.92. The van der Waals surface area contributed by atoms with Crippen LogP contribution in [-0.2, 0) is 6.42 Å². The maximum Gasteiger partial charge on any atom is 0.211 e. The Labute approximate surface area is 174 Å². The van der Waals surface area contributed by atoms with Crippen LogP contribution in [0.4, 0.5) is 0 Å². The third-order valence-electron chi connectivity index (χ3n) is 6.08. The summed E-state index contributed by atoms with van der Waals surface area (Å²) in [6.07, 6.45) is 7.31. The van der Waals surface area contributed by atoms with Crippen molar-refractivity contribution < 1.29 is 4.79 Å². The van der Waals surface area contributed by atoms with E-state index in [9.17, 15) is 4.79 Å². The minimum absolute atomic E-state index is 0.162. The second kappa shape index (κ2) is 7.56. The molecule has 5 rings (SSSR count). The quantitative estimate of drug-likeness (QED) is 0.383. The summed E-state index contributed by atoms with van der Waals surface area (Å²) in [5, 5.41) is 5.17. The fourth-order valence-electron chi connectivity index (χ4n) is 4.41. The molecule has 2 atom stereocenters. The second-order valence-corrected chi connectivity index (χ2v) is 8.93. The molecule has 146 valence electrons. The molecule has 0 spiro atoms. The molecular formula is C24H23N3OS. The molecular weight excluding hydrogens is 378 g/mol. The van der Waals surface area contributed by atoms with Gasteiger partial charge in [-0.05, 0) is 54.4 Å². The number of hydrogen-bond acceptors (Lipinski definition) is 4. The number of thiazole rings is 1. The molecule has 0 aliphatic heterocycles. The zero-order chi connectivity index (χ0) is 19.8. The van der Waals surface area contributed by atoms with Crippen molar-refractivity contribution >= 4 is 27.3 Å². The highest BCUT2D eigenvalue weighted by atomic mass is 32.1. The summed E-state index contributed by atoms with van der Waals surface area (Å²) in [5.74, 6) is 1.24. The van der Waals surface area contributed by atoms with Crippen LogP contribution in [0, 0.1) is 5.92 Å². The summed E-state index contributed by atoms with van der Waals surface area (Å²) in [6, 6.07) is 16.8. The van der Waals surface area contributed by atoms with Gasteiger partial charge in [-0.1, -0.05) is 54.7 Å².